The van der Waals surface area contributed by atoms with Gasteiger partial charge in [-0.25, -0.2) is 5.11 Å². The van der Waals surface area contributed by atoms with Gasteiger partial charge in [0.2, 0.25) is 0 Å². The van der Waals surface area contributed by atoms with Crippen LogP contribution in [0.4, 0.5) is 0 Å². The van der Waals surface area contributed by atoms with Gasteiger partial charge < -0.3 is 5.11 Å². The quantitative estimate of drug-likeness (QED) is 0.606. The number of carbonyl (C=O) groups is 1. The van der Waals surface area contributed by atoms with Gasteiger partial charge in [-0.3, -0.25) is 4.79 Å². The summed E-state index contributed by atoms with van der Waals surface area (Å²) in [4.78, 5) is 9.86. The zero-order valence-corrected chi connectivity index (χ0v) is 5.98. The maximum atomic E-state index is 10.5. The predicted molar refractivity (Wildman–Crippen MR) is 34.9 cm³/mol. The van der Waals surface area contributed by atoms with Crippen LogP contribution in [0.25, 0.3) is 0 Å². The summed E-state index contributed by atoms with van der Waals surface area (Å²) in [5.41, 5.74) is -0.777. The minimum Gasteiger partial charge on any atom is -0.481 e. The maximum absolute atomic E-state index is 10.5. The van der Waals surface area contributed by atoms with Gasteiger partial charge in [0.05, 0.1) is 5.75 Å². The first-order chi connectivity index (χ1) is 4.16. The van der Waals surface area contributed by atoms with Crippen molar-refractivity contribution in [3.05, 3.63) is 0 Å². The highest BCUT2D eigenvalue weighted by Gasteiger charge is 2.05. The summed E-state index contributed by atoms with van der Waals surface area (Å²) in [7, 11) is 0. The van der Waals surface area contributed by atoms with E-state index >= 15 is 0 Å². The van der Waals surface area contributed by atoms with Crippen molar-refractivity contribution < 1.29 is 15.0 Å². The molecule has 1 unspecified atom stereocenters. The first-order valence-corrected chi connectivity index (χ1v) is 3.71. The molecule has 4 heteroatoms. The topological polar surface area (TPSA) is 57.2 Å². The Labute approximate surface area is 58.1 Å². The molecule has 3 nitrogen and oxygen atoms in total. The molecular formula is C5H9O3S. The van der Waals surface area contributed by atoms with E-state index in [1.165, 1.54) is 0 Å². The Hall–Kier alpha value is -0.220. The van der Waals surface area contributed by atoms with Gasteiger partial charge in [0.25, 0.3) is 0 Å². The number of hydrogen-bond donors (Lipinski definition) is 1. The molecule has 0 aliphatic carbocycles. The fraction of sp³-hybridized carbons (Fsp3) is 0.800. The first-order valence-electron chi connectivity index (χ1n) is 2.66. The highest BCUT2D eigenvalue weighted by molar-refractivity contribution is 8.00. The summed E-state index contributed by atoms with van der Waals surface area (Å²) in [6.07, 6.45) is 0.484. The smallest absolute Gasteiger partial charge is 0.313 e. The van der Waals surface area contributed by atoms with Gasteiger partial charge in [0.1, 0.15) is 5.44 Å². The molecule has 0 aromatic heterocycles. The van der Waals surface area contributed by atoms with Crippen LogP contribution in [-0.4, -0.2) is 22.3 Å². The molecule has 1 atom stereocenters. The van der Waals surface area contributed by atoms with Crippen LogP contribution >= 0.6 is 11.8 Å². The van der Waals surface area contributed by atoms with Crippen LogP contribution in [0.3, 0.4) is 0 Å². The van der Waals surface area contributed by atoms with Gasteiger partial charge >= 0.3 is 5.97 Å². The van der Waals surface area contributed by atoms with E-state index in [1.807, 2.05) is 0 Å². The van der Waals surface area contributed by atoms with Crippen molar-refractivity contribution in [3.63, 3.8) is 0 Å². The number of aliphatic carboxylic acids is 1. The van der Waals surface area contributed by atoms with Gasteiger partial charge in [-0.1, -0.05) is 6.92 Å². The van der Waals surface area contributed by atoms with Crippen LogP contribution in [0.1, 0.15) is 13.3 Å². The molecule has 9 heavy (non-hydrogen) atoms. The molecule has 1 N–H and O–H groups in total. The van der Waals surface area contributed by atoms with E-state index in [0.717, 1.165) is 11.8 Å². The normalized spacial score (nSPS) is 13.1. The Kier molecular flexibility index (Phi) is 4.53. The maximum Gasteiger partial charge on any atom is 0.313 e. The molecular weight excluding hydrogens is 140 g/mol. The molecule has 0 saturated carbocycles. The molecule has 0 aliphatic heterocycles. The number of carboxylic acids is 1. The second-order valence-corrected chi connectivity index (χ2v) is 2.69. The van der Waals surface area contributed by atoms with Crippen LogP contribution in [-0.2, 0) is 9.90 Å². The third kappa shape index (κ3) is 5.65. The van der Waals surface area contributed by atoms with E-state index in [4.69, 9.17) is 5.11 Å². The van der Waals surface area contributed by atoms with Crippen molar-refractivity contribution in [2.45, 2.75) is 18.8 Å². The van der Waals surface area contributed by atoms with Gasteiger partial charge in [0.15, 0.2) is 0 Å². The molecule has 0 spiro atoms. The average Bonchev–Trinajstić information content (AvgIpc) is 1.83. The van der Waals surface area contributed by atoms with Crippen molar-refractivity contribution in [3.8, 4) is 0 Å². The zero-order valence-electron chi connectivity index (χ0n) is 5.16. The van der Waals surface area contributed by atoms with Crippen LogP contribution in [0.2, 0.25) is 0 Å². The van der Waals surface area contributed by atoms with E-state index in [2.05, 4.69) is 0 Å². The average molecular weight is 149 g/mol. The third-order valence-corrected chi connectivity index (χ3v) is 1.84. The minimum absolute atomic E-state index is 0.0813. The summed E-state index contributed by atoms with van der Waals surface area (Å²) < 4.78 is 0. The zero-order chi connectivity index (χ0) is 7.28. The molecule has 0 aliphatic rings. The lowest BCUT2D eigenvalue weighted by Gasteiger charge is -1.99. The van der Waals surface area contributed by atoms with Crippen molar-refractivity contribution >= 4 is 17.7 Å². The second-order valence-electron chi connectivity index (χ2n) is 1.54. The Morgan fingerprint density at radius 1 is 1.78 bits per heavy atom. The van der Waals surface area contributed by atoms with Gasteiger partial charge in [-0.2, -0.15) is 0 Å². The van der Waals surface area contributed by atoms with Crippen molar-refractivity contribution in [1.82, 2.24) is 0 Å². The lowest BCUT2D eigenvalue weighted by Crippen LogP contribution is -2.04. The molecule has 0 bridgehead atoms. The van der Waals surface area contributed by atoms with Crippen LogP contribution < -0.4 is 0 Å². The molecule has 0 rings (SSSR count). The second kappa shape index (κ2) is 4.64. The summed E-state index contributed by atoms with van der Waals surface area (Å²) in [5, 5.41) is 18.6. The Balaban J connectivity index is 3.16. The summed E-state index contributed by atoms with van der Waals surface area (Å²) in [5.74, 6) is -1.00. The summed E-state index contributed by atoms with van der Waals surface area (Å²) >= 11 is 0.929. The molecule has 0 fully saturated rings. The lowest BCUT2D eigenvalue weighted by atomic mass is 10.5. The Morgan fingerprint density at radius 3 is 2.67 bits per heavy atom. The highest BCUT2D eigenvalue weighted by atomic mass is 32.2. The van der Waals surface area contributed by atoms with Crippen LogP contribution in [0, 0.1) is 0 Å². The number of carboxylic acid groups (broad SMARTS) is 1. The van der Waals surface area contributed by atoms with E-state index < -0.39 is 11.4 Å². The molecule has 0 amide bonds. The van der Waals surface area contributed by atoms with Crippen molar-refractivity contribution in [2.75, 3.05) is 5.75 Å². The van der Waals surface area contributed by atoms with E-state index in [-0.39, 0.29) is 5.75 Å². The number of thioether (sulfide) groups is 1. The van der Waals surface area contributed by atoms with E-state index in [1.54, 1.807) is 6.92 Å². The first kappa shape index (κ1) is 8.78. The summed E-state index contributed by atoms with van der Waals surface area (Å²) in [6.45, 7) is 1.74. The standard InChI is InChI=1S/C5H9O3S/c1-2-5(8)9-3-4(6)7/h5H,2-3H2,1H3,(H,6,7). The highest BCUT2D eigenvalue weighted by Crippen LogP contribution is 2.10. The van der Waals surface area contributed by atoms with Crippen LogP contribution in [0.5, 0.6) is 0 Å². The van der Waals surface area contributed by atoms with Crippen molar-refractivity contribution in [1.29, 1.82) is 0 Å². The third-order valence-electron chi connectivity index (χ3n) is 0.726. The minimum atomic E-state index is -0.922. The number of hydrogen-bond acceptors (Lipinski definition) is 2. The monoisotopic (exact) mass is 149 g/mol. The van der Waals surface area contributed by atoms with Gasteiger partial charge in [-0.05, 0) is 6.42 Å². The van der Waals surface area contributed by atoms with Crippen LogP contribution in [0.15, 0.2) is 0 Å². The number of rotatable bonds is 4. The Bertz CT molecular complexity index is 94.2. The van der Waals surface area contributed by atoms with Gasteiger partial charge in [0, 0.05) is 0 Å². The van der Waals surface area contributed by atoms with E-state index in [0.29, 0.717) is 6.42 Å². The molecule has 53 valence electrons. The lowest BCUT2D eigenvalue weighted by molar-refractivity contribution is -0.133. The largest absolute Gasteiger partial charge is 0.481 e. The Morgan fingerprint density at radius 2 is 2.33 bits per heavy atom. The fourth-order valence-corrected chi connectivity index (χ4v) is 0.846. The van der Waals surface area contributed by atoms with Crippen molar-refractivity contribution in [2.24, 2.45) is 0 Å². The fourth-order valence-electron chi connectivity index (χ4n) is 0.282. The van der Waals surface area contributed by atoms with E-state index in [9.17, 15) is 9.90 Å². The molecule has 0 heterocycles. The predicted octanol–water partition coefficient (Wildman–Crippen LogP) is 0.971. The summed E-state index contributed by atoms with van der Waals surface area (Å²) in [6, 6.07) is 0. The molecule has 0 aromatic carbocycles. The SMILES string of the molecule is CCC([O])SCC(=O)O. The molecule has 0 aromatic rings. The van der Waals surface area contributed by atoms with Gasteiger partial charge in [-0.15, -0.1) is 11.8 Å². The molecule has 0 saturated heterocycles. The molecule has 1 radical (unpaired) electrons.